The van der Waals surface area contributed by atoms with Gasteiger partial charge in [0.2, 0.25) is 0 Å². The maximum atomic E-state index is 11.5. The van der Waals surface area contributed by atoms with Gasteiger partial charge in [0, 0.05) is 4.90 Å². The molecule has 0 spiro atoms. The van der Waals surface area contributed by atoms with Crippen molar-refractivity contribution in [3.63, 3.8) is 0 Å². The van der Waals surface area contributed by atoms with E-state index in [2.05, 4.69) is 0 Å². The predicted octanol–water partition coefficient (Wildman–Crippen LogP) is 4.18. The first-order valence-electron chi connectivity index (χ1n) is 7.26. The molecule has 4 heteroatoms. The smallest absolute Gasteiger partial charge is 0.317 e. The molecule has 2 rings (SSSR count). The number of carboxylic acids is 1. The zero-order valence-electron chi connectivity index (χ0n) is 12.8. The maximum Gasteiger partial charge on any atom is 0.317 e. The van der Waals surface area contributed by atoms with Crippen LogP contribution in [0.5, 0.6) is 5.75 Å². The summed E-state index contributed by atoms with van der Waals surface area (Å²) in [4.78, 5) is 12.5. The molecule has 0 aliphatic heterocycles. The van der Waals surface area contributed by atoms with Crippen LogP contribution in [0.3, 0.4) is 0 Å². The van der Waals surface area contributed by atoms with Gasteiger partial charge in [0.1, 0.15) is 11.0 Å². The minimum Gasteiger partial charge on any atom is -0.494 e. The van der Waals surface area contributed by atoms with Crippen molar-refractivity contribution in [1.82, 2.24) is 0 Å². The first-order valence-corrected chi connectivity index (χ1v) is 8.14. The summed E-state index contributed by atoms with van der Waals surface area (Å²) < 4.78 is 5.40. The van der Waals surface area contributed by atoms with Crippen molar-refractivity contribution in [3.05, 3.63) is 59.7 Å². The summed E-state index contributed by atoms with van der Waals surface area (Å²) in [5.74, 6) is 0.0174. The normalized spacial score (nSPS) is 11.9. The molecule has 0 saturated carbocycles. The molecular weight excluding hydrogens is 296 g/mol. The zero-order chi connectivity index (χ0) is 15.9. The van der Waals surface area contributed by atoms with E-state index in [1.165, 1.54) is 17.3 Å². The molecule has 22 heavy (non-hydrogen) atoms. The molecule has 0 saturated heterocycles. The van der Waals surface area contributed by atoms with Crippen LogP contribution in [0.1, 0.15) is 18.1 Å². The third kappa shape index (κ3) is 4.81. The third-order valence-electron chi connectivity index (χ3n) is 3.23. The zero-order valence-corrected chi connectivity index (χ0v) is 13.6. The number of ether oxygens (including phenoxy) is 1. The molecule has 0 amide bonds. The van der Waals surface area contributed by atoms with E-state index in [0.29, 0.717) is 13.0 Å². The van der Waals surface area contributed by atoms with Crippen LogP contribution in [0.15, 0.2) is 53.4 Å². The van der Waals surface area contributed by atoms with E-state index in [9.17, 15) is 9.90 Å². The predicted molar refractivity (Wildman–Crippen MR) is 89.8 cm³/mol. The molecule has 0 aliphatic rings. The Bertz CT molecular complexity index is 605. The Morgan fingerprint density at radius 3 is 2.32 bits per heavy atom. The topological polar surface area (TPSA) is 46.5 Å². The molecule has 116 valence electrons. The SMILES string of the molecule is CCOc1ccc(CC(Sc2ccc(C)cc2)C(=O)O)cc1. The Hall–Kier alpha value is -1.94. The summed E-state index contributed by atoms with van der Waals surface area (Å²) >= 11 is 1.38. The molecule has 1 N–H and O–H groups in total. The standard InChI is InChI=1S/C18H20O3S/c1-3-21-15-8-6-14(7-9-15)12-17(18(19)20)22-16-10-4-13(2)5-11-16/h4-11,17H,3,12H2,1-2H3,(H,19,20). The van der Waals surface area contributed by atoms with Gasteiger partial charge in [-0.25, -0.2) is 0 Å². The van der Waals surface area contributed by atoms with Gasteiger partial charge in [0.15, 0.2) is 0 Å². The fraction of sp³-hybridized carbons (Fsp3) is 0.278. The van der Waals surface area contributed by atoms with Crippen LogP contribution < -0.4 is 4.74 Å². The Morgan fingerprint density at radius 2 is 1.77 bits per heavy atom. The minimum absolute atomic E-state index is 0.486. The van der Waals surface area contributed by atoms with E-state index < -0.39 is 11.2 Å². The molecule has 0 bridgehead atoms. The number of rotatable bonds is 7. The Balaban J connectivity index is 2.05. The highest BCUT2D eigenvalue weighted by Crippen LogP contribution is 2.27. The molecule has 0 radical (unpaired) electrons. The van der Waals surface area contributed by atoms with Crippen LogP contribution in [0.4, 0.5) is 0 Å². The highest BCUT2D eigenvalue weighted by molar-refractivity contribution is 8.00. The number of carboxylic acid groups (broad SMARTS) is 1. The lowest BCUT2D eigenvalue weighted by atomic mass is 10.1. The Morgan fingerprint density at radius 1 is 1.14 bits per heavy atom. The molecule has 1 unspecified atom stereocenters. The number of carbonyl (C=O) groups is 1. The summed E-state index contributed by atoms with van der Waals surface area (Å²) in [5, 5.41) is 8.94. The van der Waals surface area contributed by atoms with Gasteiger partial charge < -0.3 is 9.84 Å². The molecule has 0 aliphatic carbocycles. The molecule has 1 atom stereocenters. The Kier molecular flexibility index (Phi) is 5.90. The lowest BCUT2D eigenvalue weighted by Crippen LogP contribution is -2.19. The fourth-order valence-corrected chi connectivity index (χ4v) is 3.06. The molecule has 2 aromatic carbocycles. The van der Waals surface area contributed by atoms with Gasteiger partial charge in [-0.2, -0.15) is 0 Å². The van der Waals surface area contributed by atoms with E-state index >= 15 is 0 Å². The average molecular weight is 316 g/mol. The van der Waals surface area contributed by atoms with Gasteiger partial charge in [0.25, 0.3) is 0 Å². The first kappa shape index (κ1) is 16.4. The molecule has 0 fully saturated rings. The van der Waals surface area contributed by atoms with Crippen molar-refractivity contribution in [2.45, 2.75) is 30.4 Å². The van der Waals surface area contributed by atoms with E-state index in [-0.39, 0.29) is 0 Å². The van der Waals surface area contributed by atoms with Crippen LogP contribution in [-0.4, -0.2) is 22.9 Å². The molecule has 2 aromatic rings. The molecular formula is C18H20O3S. The van der Waals surface area contributed by atoms with Gasteiger partial charge in [-0.05, 0) is 50.1 Å². The maximum absolute atomic E-state index is 11.5. The summed E-state index contributed by atoms with van der Waals surface area (Å²) in [6.07, 6.45) is 0.486. The number of hydrogen-bond acceptors (Lipinski definition) is 3. The Labute approximate surface area is 135 Å². The van der Waals surface area contributed by atoms with Crippen molar-refractivity contribution in [2.24, 2.45) is 0 Å². The van der Waals surface area contributed by atoms with Crippen LogP contribution in [-0.2, 0) is 11.2 Å². The highest BCUT2D eigenvalue weighted by atomic mass is 32.2. The van der Waals surface area contributed by atoms with E-state index in [1.807, 2.05) is 62.4 Å². The van der Waals surface area contributed by atoms with Gasteiger partial charge >= 0.3 is 5.97 Å². The second-order valence-electron chi connectivity index (χ2n) is 5.04. The summed E-state index contributed by atoms with van der Waals surface area (Å²) in [7, 11) is 0. The lowest BCUT2D eigenvalue weighted by Gasteiger charge is -2.13. The number of aryl methyl sites for hydroxylation is 1. The first-order chi connectivity index (χ1) is 10.6. The van der Waals surface area contributed by atoms with Gasteiger partial charge in [-0.3, -0.25) is 4.79 Å². The van der Waals surface area contributed by atoms with Crippen molar-refractivity contribution < 1.29 is 14.6 Å². The van der Waals surface area contributed by atoms with Gasteiger partial charge in [0.05, 0.1) is 6.61 Å². The molecule has 0 aromatic heterocycles. The van der Waals surface area contributed by atoms with Crippen LogP contribution in [0.2, 0.25) is 0 Å². The van der Waals surface area contributed by atoms with Crippen LogP contribution in [0, 0.1) is 6.92 Å². The minimum atomic E-state index is -0.792. The molecule has 0 heterocycles. The van der Waals surface area contributed by atoms with Crippen LogP contribution >= 0.6 is 11.8 Å². The average Bonchev–Trinajstić information content (AvgIpc) is 2.51. The number of benzene rings is 2. The largest absolute Gasteiger partial charge is 0.494 e. The van der Waals surface area contributed by atoms with Crippen LogP contribution in [0.25, 0.3) is 0 Å². The number of hydrogen-bond donors (Lipinski definition) is 1. The van der Waals surface area contributed by atoms with Crippen molar-refractivity contribution in [1.29, 1.82) is 0 Å². The van der Waals surface area contributed by atoms with Crippen molar-refractivity contribution in [2.75, 3.05) is 6.61 Å². The lowest BCUT2D eigenvalue weighted by molar-refractivity contribution is -0.136. The second kappa shape index (κ2) is 7.90. The van der Waals surface area contributed by atoms with E-state index in [1.54, 1.807) is 0 Å². The molecule has 3 nitrogen and oxygen atoms in total. The fourth-order valence-electron chi connectivity index (χ4n) is 2.06. The number of aliphatic carboxylic acids is 1. The summed E-state index contributed by atoms with van der Waals surface area (Å²) in [5.41, 5.74) is 2.17. The third-order valence-corrected chi connectivity index (χ3v) is 4.43. The van der Waals surface area contributed by atoms with E-state index in [0.717, 1.165) is 16.2 Å². The highest BCUT2D eigenvalue weighted by Gasteiger charge is 2.19. The van der Waals surface area contributed by atoms with Crippen molar-refractivity contribution >= 4 is 17.7 Å². The number of thioether (sulfide) groups is 1. The second-order valence-corrected chi connectivity index (χ2v) is 6.32. The van der Waals surface area contributed by atoms with E-state index in [4.69, 9.17) is 4.74 Å². The summed E-state index contributed by atoms with van der Waals surface area (Å²) in [6.45, 7) is 4.58. The van der Waals surface area contributed by atoms with Gasteiger partial charge in [-0.1, -0.05) is 29.8 Å². The monoisotopic (exact) mass is 316 g/mol. The quantitative estimate of drug-likeness (QED) is 0.778. The van der Waals surface area contributed by atoms with Crippen molar-refractivity contribution in [3.8, 4) is 5.75 Å². The summed E-state index contributed by atoms with van der Waals surface area (Å²) in [6, 6.07) is 15.5. The van der Waals surface area contributed by atoms with Gasteiger partial charge in [-0.15, -0.1) is 11.8 Å².